The number of hydrogen-bond acceptors (Lipinski definition) is 4. The highest BCUT2D eigenvalue weighted by molar-refractivity contribution is 6.30. The highest BCUT2D eigenvalue weighted by atomic mass is 35.5. The number of carbonyl (C=O) groups excluding carboxylic acids is 1. The van der Waals surface area contributed by atoms with Crippen LogP contribution in [-0.4, -0.2) is 27.4 Å². The first kappa shape index (κ1) is 17.9. The number of aromatic nitrogens is 1. The molecule has 1 heterocycles. The summed E-state index contributed by atoms with van der Waals surface area (Å²) in [6.45, 7) is 0.619. The first-order chi connectivity index (χ1) is 11.6. The number of amides is 1. The minimum atomic E-state index is -0.914. The van der Waals surface area contributed by atoms with E-state index in [0.29, 0.717) is 23.7 Å². The molecule has 5 nitrogen and oxygen atoms in total. The lowest BCUT2D eigenvalue weighted by Crippen LogP contribution is -2.32. The zero-order valence-electron chi connectivity index (χ0n) is 13.1. The number of pyridine rings is 1. The number of nitriles is 1. The third-order valence-electron chi connectivity index (χ3n) is 3.55. The van der Waals surface area contributed by atoms with Crippen molar-refractivity contribution in [1.29, 1.82) is 5.26 Å². The molecule has 1 aromatic carbocycles. The normalized spacial score (nSPS) is 11.5. The van der Waals surface area contributed by atoms with Crippen LogP contribution in [0, 0.1) is 11.3 Å². The second-order valence-electron chi connectivity index (χ2n) is 5.32. The molecule has 0 aliphatic carbocycles. The fraction of sp³-hybridized carbons (Fsp3) is 0.278. The van der Waals surface area contributed by atoms with Crippen LogP contribution in [-0.2, 0) is 11.3 Å². The lowest BCUT2D eigenvalue weighted by atomic mass is 10.1. The second kappa shape index (κ2) is 9.02. The second-order valence-corrected chi connectivity index (χ2v) is 5.75. The van der Waals surface area contributed by atoms with Gasteiger partial charge in [0.15, 0.2) is 0 Å². The third-order valence-corrected chi connectivity index (χ3v) is 3.80. The summed E-state index contributed by atoms with van der Waals surface area (Å²) in [5.41, 5.74) is 1.37. The maximum Gasteiger partial charge on any atom is 0.225 e. The van der Waals surface area contributed by atoms with Crippen LogP contribution < -0.4 is 0 Å². The molecule has 0 radical (unpaired) electrons. The SMILES string of the molecule is N#CCCN(Cc1ccccn1)C(=O)CC(O)c1ccc(Cl)cc1. The molecule has 1 unspecified atom stereocenters. The van der Waals surface area contributed by atoms with Crippen molar-refractivity contribution in [2.24, 2.45) is 0 Å². The van der Waals surface area contributed by atoms with Crippen molar-refractivity contribution in [3.63, 3.8) is 0 Å². The molecular weight excluding hydrogens is 326 g/mol. The van der Waals surface area contributed by atoms with E-state index in [9.17, 15) is 9.90 Å². The lowest BCUT2D eigenvalue weighted by molar-refractivity contribution is -0.134. The van der Waals surface area contributed by atoms with Crippen molar-refractivity contribution in [1.82, 2.24) is 9.88 Å². The Morgan fingerprint density at radius 3 is 2.67 bits per heavy atom. The molecule has 0 spiro atoms. The van der Waals surface area contributed by atoms with Crippen molar-refractivity contribution in [3.8, 4) is 6.07 Å². The Bertz CT molecular complexity index is 698. The minimum Gasteiger partial charge on any atom is -0.388 e. The average Bonchev–Trinajstić information content (AvgIpc) is 2.60. The predicted octanol–water partition coefficient (Wildman–Crippen LogP) is 3.10. The van der Waals surface area contributed by atoms with Crippen LogP contribution in [0.15, 0.2) is 48.7 Å². The lowest BCUT2D eigenvalue weighted by Gasteiger charge is -2.23. The van der Waals surface area contributed by atoms with E-state index < -0.39 is 6.10 Å². The molecule has 0 bridgehead atoms. The van der Waals surface area contributed by atoms with E-state index >= 15 is 0 Å². The van der Waals surface area contributed by atoms with Crippen molar-refractivity contribution in [3.05, 3.63) is 64.9 Å². The maximum absolute atomic E-state index is 12.5. The molecule has 1 N–H and O–H groups in total. The van der Waals surface area contributed by atoms with Crippen LogP contribution in [0.1, 0.15) is 30.2 Å². The topological polar surface area (TPSA) is 77.2 Å². The Balaban J connectivity index is 2.03. The van der Waals surface area contributed by atoms with Gasteiger partial charge in [0.2, 0.25) is 5.91 Å². The Kier molecular flexibility index (Phi) is 6.74. The van der Waals surface area contributed by atoms with E-state index in [1.54, 1.807) is 41.4 Å². The highest BCUT2D eigenvalue weighted by Gasteiger charge is 2.19. The number of halogens is 1. The van der Waals surface area contributed by atoms with Crippen molar-refractivity contribution >= 4 is 17.5 Å². The summed E-state index contributed by atoms with van der Waals surface area (Å²) >= 11 is 5.83. The third kappa shape index (κ3) is 5.34. The van der Waals surface area contributed by atoms with Gasteiger partial charge in [-0.2, -0.15) is 5.26 Å². The number of rotatable bonds is 7. The average molecular weight is 344 g/mol. The zero-order valence-corrected chi connectivity index (χ0v) is 13.9. The zero-order chi connectivity index (χ0) is 17.4. The van der Waals surface area contributed by atoms with Crippen LogP contribution in [0.3, 0.4) is 0 Å². The first-order valence-corrected chi connectivity index (χ1v) is 7.96. The largest absolute Gasteiger partial charge is 0.388 e. The molecule has 124 valence electrons. The summed E-state index contributed by atoms with van der Waals surface area (Å²) in [4.78, 5) is 18.3. The van der Waals surface area contributed by atoms with E-state index in [2.05, 4.69) is 4.98 Å². The Morgan fingerprint density at radius 1 is 1.29 bits per heavy atom. The molecule has 6 heteroatoms. The molecule has 1 aromatic heterocycles. The van der Waals surface area contributed by atoms with Crippen LogP contribution in [0.4, 0.5) is 0 Å². The number of benzene rings is 1. The van der Waals surface area contributed by atoms with Gasteiger partial charge in [-0.3, -0.25) is 9.78 Å². The van der Waals surface area contributed by atoms with Gasteiger partial charge in [-0.25, -0.2) is 0 Å². The van der Waals surface area contributed by atoms with Crippen LogP contribution in [0.5, 0.6) is 0 Å². The standard InChI is InChI=1S/C18H18ClN3O2/c19-15-7-5-14(6-8-15)17(23)12-18(24)22(11-3-9-20)13-16-4-1-2-10-21-16/h1-2,4-8,10,17,23H,3,11-13H2. The van der Waals surface area contributed by atoms with Crippen LogP contribution in [0.25, 0.3) is 0 Å². The molecule has 0 fully saturated rings. The predicted molar refractivity (Wildman–Crippen MR) is 90.9 cm³/mol. The van der Waals surface area contributed by atoms with E-state index in [1.165, 1.54) is 0 Å². The summed E-state index contributed by atoms with van der Waals surface area (Å²) in [6, 6.07) is 14.2. The highest BCUT2D eigenvalue weighted by Crippen LogP contribution is 2.20. The van der Waals surface area contributed by atoms with Crippen molar-refractivity contribution in [2.75, 3.05) is 6.54 Å². The van der Waals surface area contributed by atoms with Crippen LogP contribution in [0.2, 0.25) is 5.02 Å². The van der Waals surface area contributed by atoms with E-state index in [0.717, 1.165) is 5.69 Å². The van der Waals surface area contributed by atoms with E-state index in [-0.39, 0.29) is 18.7 Å². The molecular formula is C18H18ClN3O2. The van der Waals surface area contributed by atoms with Gasteiger partial charge in [0.1, 0.15) is 0 Å². The molecule has 1 atom stereocenters. The molecule has 0 aliphatic heterocycles. The quantitative estimate of drug-likeness (QED) is 0.838. The summed E-state index contributed by atoms with van der Waals surface area (Å²) < 4.78 is 0. The molecule has 1 amide bonds. The van der Waals surface area contributed by atoms with Crippen LogP contribution >= 0.6 is 11.6 Å². The van der Waals surface area contributed by atoms with Gasteiger partial charge >= 0.3 is 0 Å². The minimum absolute atomic E-state index is 0.0557. The molecule has 0 saturated heterocycles. The van der Waals surface area contributed by atoms with Gasteiger partial charge in [-0.05, 0) is 29.8 Å². The summed E-state index contributed by atoms with van der Waals surface area (Å²) in [5.74, 6) is -0.224. The van der Waals surface area contributed by atoms with Crippen molar-refractivity contribution in [2.45, 2.75) is 25.5 Å². The summed E-state index contributed by atoms with van der Waals surface area (Å²) in [6.07, 6.45) is 0.920. The first-order valence-electron chi connectivity index (χ1n) is 7.58. The van der Waals surface area contributed by atoms with Gasteiger partial charge in [-0.15, -0.1) is 0 Å². The van der Waals surface area contributed by atoms with E-state index in [1.807, 2.05) is 18.2 Å². The Hall–Kier alpha value is -2.42. The van der Waals surface area contributed by atoms with Gasteiger partial charge in [0, 0.05) is 17.8 Å². The van der Waals surface area contributed by atoms with Gasteiger partial charge < -0.3 is 10.0 Å². The fourth-order valence-corrected chi connectivity index (χ4v) is 2.39. The van der Waals surface area contributed by atoms with Gasteiger partial charge in [-0.1, -0.05) is 29.8 Å². The number of carbonyl (C=O) groups is 1. The molecule has 2 aromatic rings. The summed E-state index contributed by atoms with van der Waals surface area (Å²) in [7, 11) is 0. The maximum atomic E-state index is 12.5. The van der Waals surface area contributed by atoms with E-state index in [4.69, 9.17) is 16.9 Å². The summed E-state index contributed by atoms with van der Waals surface area (Å²) in [5, 5.41) is 19.6. The Labute approximate surface area is 146 Å². The number of aliphatic hydroxyl groups excluding tert-OH is 1. The van der Waals surface area contributed by atoms with Crippen molar-refractivity contribution < 1.29 is 9.90 Å². The molecule has 2 rings (SSSR count). The van der Waals surface area contributed by atoms with Gasteiger partial charge in [0.05, 0.1) is 37.3 Å². The smallest absolute Gasteiger partial charge is 0.225 e. The number of hydrogen-bond donors (Lipinski definition) is 1. The number of nitrogens with zero attached hydrogens (tertiary/aromatic N) is 3. The monoisotopic (exact) mass is 343 g/mol. The Morgan fingerprint density at radius 2 is 2.04 bits per heavy atom. The van der Waals surface area contributed by atoms with Gasteiger partial charge in [0.25, 0.3) is 0 Å². The molecule has 0 aliphatic rings. The molecule has 0 saturated carbocycles. The number of aliphatic hydroxyl groups is 1. The fourth-order valence-electron chi connectivity index (χ4n) is 2.26. The molecule has 24 heavy (non-hydrogen) atoms.